The number of nitrogens with one attached hydrogen (secondary N) is 1. The highest BCUT2D eigenvalue weighted by Gasteiger charge is 2.21. The minimum atomic E-state index is 0.0898. The van der Waals surface area contributed by atoms with E-state index in [2.05, 4.69) is 12.2 Å². The fourth-order valence-electron chi connectivity index (χ4n) is 2.24. The maximum absolute atomic E-state index is 9.01. The molecule has 0 radical (unpaired) electrons. The van der Waals surface area contributed by atoms with Crippen molar-refractivity contribution in [1.29, 1.82) is 0 Å². The van der Waals surface area contributed by atoms with Crippen LogP contribution < -0.4 is 5.32 Å². The van der Waals surface area contributed by atoms with Crippen LogP contribution in [0.4, 0.5) is 0 Å². The molecule has 1 fully saturated rings. The molecule has 0 aromatic heterocycles. The van der Waals surface area contributed by atoms with Crippen molar-refractivity contribution < 1.29 is 9.84 Å². The summed E-state index contributed by atoms with van der Waals surface area (Å²) in [5, 5.41) is 12.1. The monoisotopic (exact) mass is 215 g/mol. The molecule has 1 aliphatic carbocycles. The summed E-state index contributed by atoms with van der Waals surface area (Å²) in [5.41, 5.74) is 0. The lowest BCUT2D eigenvalue weighted by molar-refractivity contribution is -0.00450. The van der Waals surface area contributed by atoms with Crippen molar-refractivity contribution in [1.82, 2.24) is 5.32 Å². The molecule has 1 aliphatic rings. The summed E-state index contributed by atoms with van der Waals surface area (Å²) < 4.78 is 5.84. The van der Waals surface area contributed by atoms with Gasteiger partial charge in [0.2, 0.25) is 0 Å². The van der Waals surface area contributed by atoms with E-state index in [-0.39, 0.29) is 12.6 Å². The number of likely N-dealkylation sites (N-methyl/N-ethyl adjacent to an activating group) is 1. The predicted molar refractivity (Wildman–Crippen MR) is 61.9 cm³/mol. The lowest BCUT2D eigenvalue weighted by atomic mass is 9.85. The second-order valence-electron chi connectivity index (χ2n) is 4.56. The molecular formula is C12H25NO2. The molecule has 2 N–H and O–H groups in total. The van der Waals surface area contributed by atoms with Crippen LogP contribution in [0.1, 0.15) is 39.0 Å². The number of aliphatic hydroxyl groups is 1. The summed E-state index contributed by atoms with van der Waals surface area (Å²) >= 11 is 0. The van der Waals surface area contributed by atoms with E-state index in [4.69, 9.17) is 9.84 Å². The van der Waals surface area contributed by atoms with Crippen molar-refractivity contribution >= 4 is 0 Å². The first-order valence-corrected chi connectivity index (χ1v) is 6.19. The van der Waals surface area contributed by atoms with Gasteiger partial charge in [-0.2, -0.15) is 0 Å². The predicted octanol–water partition coefficient (Wildman–Crippen LogP) is 1.55. The molecule has 15 heavy (non-hydrogen) atoms. The fourth-order valence-corrected chi connectivity index (χ4v) is 2.24. The second-order valence-corrected chi connectivity index (χ2v) is 4.56. The van der Waals surface area contributed by atoms with Gasteiger partial charge in [-0.1, -0.05) is 26.2 Å². The molecule has 3 atom stereocenters. The van der Waals surface area contributed by atoms with Crippen LogP contribution in [-0.2, 0) is 4.74 Å². The van der Waals surface area contributed by atoms with E-state index < -0.39 is 0 Å². The lowest BCUT2D eigenvalue weighted by Crippen LogP contribution is -2.36. The standard InChI is InChI=1S/C12H25NO2/c1-3-10-5-4-6-12(7-10)15-9-11(8-14)13-2/h10-14H,3-9H2,1-2H3. The molecule has 0 spiro atoms. The zero-order chi connectivity index (χ0) is 11.1. The van der Waals surface area contributed by atoms with Crippen LogP contribution in [0, 0.1) is 5.92 Å². The third-order valence-corrected chi connectivity index (χ3v) is 3.47. The van der Waals surface area contributed by atoms with Crippen LogP contribution in [0.3, 0.4) is 0 Å². The van der Waals surface area contributed by atoms with E-state index in [9.17, 15) is 0 Å². The maximum Gasteiger partial charge on any atom is 0.0645 e. The zero-order valence-corrected chi connectivity index (χ0v) is 10.0. The van der Waals surface area contributed by atoms with Crippen molar-refractivity contribution in [3.8, 4) is 0 Å². The summed E-state index contributed by atoms with van der Waals surface area (Å²) in [6.45, 7) is 3.05. The smallest absolute Gasteiger partial charge is 0.0645 e. The number of hydrogen-bond acceptors (Lipinski definition) is 3. The van der Waals surface area contributed by atoms with Crippen molar-refractivity contribution in [2.45, 2.75) is 51.2 Å². The van der Waals surface area contributed by atoms with Gasteiger partial charge in [-0.15, -0.1) is 0 Å². The highest BCUT2D eigenvalue weighted by molar-refractivity contribution is 4.73. The van der Waals surface area contributed by atoms with Crippen LogP contribution in [0.15, 0.2) is 0 Å². The van der Waals surface area contributed by atoms with E-state index in [0.29, 0.717) is 12.7 Å². The lowest BCUT2D eigenvalue weighted by Gasteiger charge is -2.29. The average Bonchev–Trinajstić information content (AvgIpc) is 2.31. The Kier molecular flexibility index (Phi) is 6.22. The van der Waals surface area contributed by atoms with Crippen LogP contribution >= 0.6 is 0 Å². The highest BCUT2D eigenvalue weighted by atomic mass is 16.5. The SMILES string of the molecule is CCC1CCCC(OCC(CO)NC)C1. The topological polar surface area (TPSA) is 41.5 Å². The Hall–Kier alpha value is -0.120. The molecule has 0 bridgehead atoms. The Morgan fingerprint density at radius 1 is 1.47 bits per heavy atom. The van der Waals surface area contributed by atoms with Gasteiger partial charge >= 0.3 is 0 Å². The van der Waals surface area contributed by atoms with E-state index in [1.165, 1.54) is 32.1 Å². The number of hydrogen-bond donors (Lipinski definition) is 2. The third kappa shape index (κ3) is 4.49. The Morgan fingerprint density at radius 3 is 2.87 bits per heavy atom. The van der Waals surface area contributed by atoms with Gasteiger partial charge in [0.25, 0.3) is 0 Å². The Labute approximate surface area is 93.2 Å². The quantitative estimate of drug-likeness (QED) is 0.706. The molecule has 0 aromatic rings. The Bertz CT molecular complexity index is 160. The van der Waals surface area contributed by atoms with Crippen molar-refractivity contribution in [2.24, 2.45) is 5.92 Å². The minimum Gasteiger partial charge on any atom is -0.395 e. The average molecular weight is 215 g/mol. The molecule has 0 heterocycles. The summed E-state index contributed by atoms with van der Waals surface area (Å²) in [7, 11) is 1.86. The Balaban J connectivity index is 2.20. The largest absolute Gasteiger partial charge is 0.395 e. The summed E-state index contributed by atoms with van der Waals surface area (Å²) in [5.74, 6) is 0.853. The second kappa shape index (κ2) is 7.20. The normalized spacial score (nSPS) is 29.0. The molecular weight excluding hydrogens is 190 g/mol. The van der Waals surface area contributed by atoms with E-state index in [0.717, 1.165) is 5.92 Å². The Morgan fingerprint density at radius 2 is 2.27 bits per heavy atom. The zero-order valence-electron chi connectivity index (χ0n) is 10.0. The molecule has 90 valence electrons. The van der Waals surface area contributed by atoms with Crippen LogP contribution in [0.25, 0.3) is 0 Å². The molecule has 3 nitrogen and oxygen atoms in total. The molecule has 3 heteroatoms. The number of ether oxygens (including phenoxy) is 1. The molecule has 3 unspecified atom stereocenters. The van der Waals surface area contributed by atoms with Gasteiger partial charge in [-0.3, -0.25) is 0 Å². The van der Waals surface area contributed by atoms with Gasteiger partial charge in [-0.25, -0.2) is 0 Å². The summed E-state index contributed by atoms with van der Waals surface area (Å²) in [6.07, 6.45) is 6.76. The van der Waals surface area contributed by atoms with Gasteiger partial charge in [0.05, 0.1) is 25.4 Å². The summed E-state index contributed by atoms with van der Waals surface area (Å²) in [6, 6.07) is 0.0898. The van der Waals surface area contributed by atoms with Gasteiger partial charge in [0.15, 0.2) is 0 Å². The highest BCUT2D eigenvalue weighted by Crippen LogP contribution is 2.28. The van der Waals surface area contributed by atoms with E-state index in [1.54, 1.807) is 0 Å². The first-order valence-electron chi connectivity index (χ1n) is 6.19. The third-order valence-electron chi connectivity index (χ3n) is 3.47. The van der Waals surface area contributed by atoms with Crippen LogP contribution in [-0.4, -0.2) is 37.5 Å². The fraction of sp³-hybridized carbons (Fsp3) is 1.00. The molecule has 1 saturated carbocycles. The molecule has 0 aromatic carbocycles. The first-order chi connectivity index (χ1) is 7.30. The minimum absolute atomic E-state index is 0.0898. The van der Waals surface area contributed by atoms with Gasteiger partial charge in [0, 0.05) is 0 Å². The van der Waals surface area contributed by atoms with Crippen LogP contribution in [0.5, 0.6) is 0 Å². The molecule has 0 aliphatic heterocycles. The van der Waals surface area contributed by atoms with Crippen LogP contribution in [0.2, 0.25) is 0 Å². The first kappa shape index (κ1) is 12.9. The summed E-state index contributed by atoms with van der Waals surface area (Å²) in [4.78, 5) is 0. The number of aliphatic hydroxyl groups excluding tert-OH is 1. The van der Waals surface area contributed by atoms with Crippen molar-refractivity contribution in [2.75, 3.05) is 20.3 Å². The molecule has 0 saturated heterocycles. The molecule has 1 rings (SSSR count). The van der Waals surface area contributed by atoms with Crippen molar-refractivity contribution in [3.63, 3.8) is 0 Å². The van der Waals surface area contributed by atoms with E-state index >= 15 is 0 Å². The van der Waals surface area contributed by atoms with Gasteiger partial charge in [0.1, 0.15) is 0 Å². The van der Waals surface area contributed by atoms with Crippen molar-refractivity contribution in [3.05, 3.63) is 0 Å². The van der Waals surface area contributed by atoms with Gasteiger partial charge in [-0.05, 0) is 25.8 Å². The number of rotatable bonds is 6. The molecule has 0 amide bonds. The van der Waals surface area contributed by atoms with Gasteiger partial charge < -0.3 is 15.2 Å². The maximum atomic E-state index is 9.01. The van der Waals surface area contributed by atoms with E-state index in [1.807, 2.05) is 7.05 Å².